The zero-order valence-corrected chi connectivity index (χ0v) is 32.8. The first kappa shape index (κ1) is 37.7. The molecule has 3 aromatic heterocycles. The van der Waals surface area contributed by atoms with Crippen LogP contribution >= 0.6 is 0 Å². The Morgan fingerprint density at radius 3 is 0.603 bits per heavy atom. The molecule has 0 N–H and O–H groups in total. The summed E-state index contributed by atoms with van der Waals surface area (Å²) < 4.78 is 18.1. The molecule has 0 aliphatic rings. The summed E-state index contributed by atoms with van der Waals surface area (Å²) >= 11 is 0. The van der Waals surface area contributed by atoms with E-state index in [1.54, 1.807) is 72.8 Å². The quantitative estimate of drug-likeness (QED) is 0.134. The van der Waals surface area contributed by atoms with Gasteiger partial charge in [-0.25, -0.2) is 0 Å². The minimum absolute atomic E-state index is 0.365. The minimum atomic E-state index is 0.365. The standard InChI is InChI=1S/C51H27N9O3/c52-28-31-1-7-37(8-2-31)46-55-58-49(61-46)40-19-13-34(14-20-40)43-25-44(35-15-21-41(22-16-35)50-59-56-47(62-50)38-9-3-32(29-53)4-10-38)27-45(26-43)36-17-23-42(24-18-36)51-60-57-48(63-51)39-11-5-33(30-54)6-12-39/h1-27H. The molecule has 0 aliphatic heterocycles. The van der Waals surface area contributed by atoms with Crippen molar-refractivity contribution in [1.29, 1.82) is 15.8 Å². The molecule has 0 radical (unpaired) electrons. The fourth-order valence-corrected chi connectivity index (χ4v) is 6.98. The number of benzene rings is 7. The fraction of sp³-hybridized carbons (Fsp3) is 0. The Labute approximate surface area is 359 Å². The van der Waals surface area contributed by atoms with Crippen molar-refractivity contribution < 1.29 is 13.3 Å². The Morgan fingerprint density at radius 2 is 0.413 bits per heavy atom. The first-order valence-electron chi connectivity index (χ1n) is 19.5. The van der Waals surface area contributed by atoms with E-state index in [2.05, 4.69) is 67.0 Å². The summed E-state index contributed by atoms with van der Waals surface area (Å²) in [7, 11) is 0. The molecule has 12 heteroatoms. The molecular weight excluding hydrogens is 787 g/mol. The Hall–Kier alpha value is -9.57. The Morgan fingerprint density at radius 1 is 0.238 bits per heavy atom. The van der Waals surface area contributed by atoms with Crippen molar-refractivity contribution in [3.8, 4) is 120 Å². The highest BCUT2D eigenvalue weighted by molar-refractivity contribution is 5.83. The lowest BCUT2D eigenvalue weighted by atomic mass is 9.92. The summed E-state index contributed by atoms with van der Waals surface area (Å²) in [6, 6.07) is 57.7. The molecule has 0 fully saturated rings. The Bertz CT molecular complexity index is 3010. The van der Waals surface area contributed by atoms with Gasteiger partial charge in [0.1, 0.15) is 0 Å². The highest BCUT2D eigenvalue weighted by atomic mass is 16.4. The van der Waals surface area contributed by atoms with Gasteiger partial charge in [0, 0.05) is 33.4 Å². The van der Waals surface area contributed by atoms with Crippen LogP contribution in [0.5, 0.6) is 0 Å². The maximum atomic E-state index is 9.16. The summed E-state index contributed by atoms with van der Waals surface area (Å²) in [5.41, 5.74) is 12.0. The summed E-state index contributed by atoms with van der Waals surface area (Å²) in [6.07, 6.45) is 0. The average Bonchev–Trinajstić information content (AvgIpc) is 4.17. The molecule has 0 amide bonds. The van der Waals surface area contributed by atoms with Crippen LogP contribution in [0.15, 0.2) is 177 Å². The molecule has 294 valence electrons. The number of nitriles is 3. The lowest BCUT2D eigenvalue weighted by Gasteiger charge is -2.12. The molecule has 0 atom stereocenters. The number of nitrogens with zero attached hydrogens (tertiary/aromatic N) is 9. The molecule has 0 unspecified atom stereocenters. The van der Waals surface area contributed by atoms with Crippen molar-refractivity contribution in [3.63, 3.8) is 0 Å². The first-order valence-corrected chi connectivity index (χ1v) is 19.5. The predicted octanol–water partition coefficient (Wildman–Crippen LogP) is 11.5. The molecule has 0 bridgehead atoms. The number of aromatic nitrogens is 6. The number of hydrogen-bond acceptors (Lipinski definition) is 12. The van der Waals surface area contributed by atoms with E-state index in [1.807, 2.05) is 72.8 Å². The second-order valence-electron chi connectivity index (χ2n) is 14.3. The fourth-order valence-electron chi connectivity index (χ4n) is 6.98. The van der Waals surface area contributed by atoms with Crippen molar-refractivity contribution >= 4 is 0 Å². The van der Waals surface area contributed by atoms with Gasteiger partial charge in [-0.2, -0.15) is 15.8 Å². The van der Waals surface area contributed by atoms with Crippen molar-refractivity contribution in [2.24, 2.45) is 0 Å². The van der Waals surface area contributed by atoms with Crippen LogP contribution in [-0.2, 0) is 0 Å². The zero-order valence-electron chi connectivity index (χ0n) is 32.8. The topological polar surface area (TPSA) is 188 Å². The number of rotatable bonds is 9. The monoisotopic (exact) mass is 813 g/mol. The van der Waals surface area contributed by atoms with E-state index >= 15 is 0 Å². The summed E-state index contributed by atoms with van der Waals surface area (Å²) in [5, 5.41) is 53.0. The van der Waals surface area contributed by atoms with Gasteiger partial charge in [0.15, 0.2) is 0 Å². The van der Waals surface area contributed by atoms with Crippen LogP contribution in [0.2, 0.25) is 0 Å². The van der Waals surface area contributed by atoms with E-state index in [0.29, 0.717) is 52.0 Å². The zero-order chi connectivity index (χ0) is 42.7. The van der Waals surface area contributed by atoms with Crippen LogP contribution in [0.1, 0.15) is 16.7 Å². The SMILES string of the molecule is N#Cc1ccc(-c2nnc(-c3ccc(-c4cc(-c5ccc(-c6nnc(-c7ccc(C#N)cc7)o6)cc5)cc(-c5ccc(-c6nnc(-c7ccc(C#N)cc7)o6)cc5)c4)cc3)o2)cc1. The second-order valence-corrected chi connectivity index (χ2v) is 14.3. The molecule has 10 aromatic rings. The molecule has 3 heterocycles. The maximum absolute atomic E-state index is 9.16. The largest absolute Gasteiger partial charge is 0.416 e. The van der Waals surface area contributed by atoms with Crippen LogP contribution in [-0.4, -0.2) is 30.6 Å². The summed E-state index contributed by atoms with van der Waals surface area (Å²) in [4.78, 5) is 0. The van der Waals surface area contributed by atoms with Gasteiger partial charge in [-0.3, -0.25) is 0 Å². The van der Waals surface area contributed by atoms with Crippen molar-refractivity contribution in [1.82, 2.24) is 30.6 Å². The van der Waals surface area contributed by atoms with Crippen LogP contribution in [0.3, 0.4) is 0 Å². The minimum Gasteiger partial charge on any atom is -0.416 e. The van der Waals surface area contributed by atoms with E-state index in [-0.39, 0.29) is 0 Å². The molecular formula is C51H27N9O3. The summed E-state index contributed by atoms with van der Waals surface area (Å²) in [6.45, 7) is 0. The number of hydrogen-bond donors (Lipinski definition) is 0. The molecule has 0 saturated carbocycles. The third-order valence-electron chi connectivity index (χ3n) is 10.4. The second kappa shape index (κ2) is 16.2. The van der Waals surface area contributed by atoms with E-state index < -0.39 is 0 Å². The van der Waals surface area contributed by atoms with E-state index in [1.165, 1.54) is 0 Å². The van der Waals surface area contributed by atoms with Gasteiger partial charge >= 0.3 is 0 Å². The van der Waals surface area contributed by atoms with Gasteiger partial charge in [-0.1, -0.05) is 36.4 Å². The molecule has 7 aromatic carbocycles. The van der Waals surface area contributed by atoms with Crippen molar-refractivity contribution in [2.45, 2.75) is 0 Å². The third kappa shape index (κ3) is 7.72. The summed E-state index contributed by atoms with van der Waals surface area (Å²) in [5.74, 6) is 2.24. The Kier molecular flexibility index (Phi) is 9.71. The van der Waals surface area contributed by atoms with Gasteiger partial charge in [-0.05, 0) is 161 Å². The van der Waals surface area contributed by atoms with Gasteiger partial charge < -0.3 is 13.3 Å². The molecule has 0 aliphatic carbocycles. The van der Waals surface area contributed by atoms with Crippen LogP contribution in [0, 0.1) is 34.0 Å². The third-order valence-corrected chi connectivity index (χ3v) is 10.4. The molecule has 12 nitrogen and oxygen atoms in total. The Balaban J connectivity index is 0.960. The van der Waals surface area contributed by atoms with Gasteiger partial charge in [0.25, 0.3) is 0 Å². The lowest BCUT2D eigenvalue weighted by Crippen LogP contribution is -1.88. The first-order chi connectivity index (χ1) is 31.0. The highest BCUT2D eigenvalue weighted by Crippen LogP contribution is 2.36. The van der Waals surface area contributed by atoms with E-state index in [4.69, 9.17) is 29.0 Å². The van der Waals surface area contributed by atoms with Crippen LogP contribution in [0.4, 0.5) is 0 Å². The highest BCUT2D eigenvalue weighted by Gasteiger charge is 2.16. The van der Waals surface area contributed by atoms with Gasteiger partial charge in [-0.15, -0.1) is 30.6 Å². The molecule has 10 rings (SSSR count). The average molecular weight is 814 g/mol. The lowest BCUT2D eigenvalue weighted by molar-refractivity contribution is 0.584. The van der Waals surface area contributed by atoms with Crippen molar-refractivity contribution in [2.75, 3.05) is 0 Å². The normalized spacial score (nSPS) is 10.8. The van der Waals surface area contributed by atoms with Crippen LogP contribution in [0.25, 0.3) is 102 Å². The smallest absolute Gasteiger partial charge is 0.248 e. The van der Waals surface area contributed by atoms with Crippen molar-refractivity contribution in [3.05, 3.63) is 180 Å². The van der Waals surface area contributed by atoms with Gasteiger partial charge in [0.05, 0.1) is 34.9 Å². The van der Waals surface area contributed by atoms with Crippen LogP contribution < -0.4 is 0 Å². The molecule has 0 saturated heterocycles. The molecule has 0 spiro atoms. The van der Waals surface area contributed by atoms with E-state index in [0.717, 1.165) is 66.8 Å². The predicted molar refractivity (Wildman–Crippen MR) is 233 cm³/mol. The maximum Gasteiger partial charge on any atom is 0.248 e. The molecule has 63 heavy (non-hydrogen) atoms. The van der Waals surface area contributed by atoms with Gasteiger partial charge in [0.2, 0.25) is 35.3 Å². The van der Waals surface area contributed by atoms with E-state index in [9.17, 15) is 0 Å².